The molecular weight excluding hydrogens is 220 g/mol. The summed E-state index contributed by atoms with van der Waals surface area (Å²) in [4.78, 5) is 22.2. The van der Waals surface area contributed by atoms with Gasteiger partial charge in [-0.3, -0.25) is 14.3 Å². The number of aromatic nitrogens is 2. The molecule has 1 heterocycles. The normalized spacial score (nSPS) is 11.8. The molecule has 1 unspecified atom stereocenters. The predicted molar refractivity (Wildman–Crippen MR) is 62.8 cm³/mol. The van der Waals surface area contributed by atoms with E-state index in [4.69, 9.17) is 5.73 Å². The van der Waals surface area contributed by atoms with Gasteiger partial charge in [0.05, 0.1) is 12.1 Å². The van der Waals surface area contributed by atoms with E-state index in [9.17, 15) is 9.59 Å². The maximum Gasteiger partial charge on any atom is 0.243 e. The molecule has 0 aromatic carbocycles. The smallest absolute Gasteiger partial charge is 0.243 e. The summed E-state index contributed by atoms with van der Waals surface area (Å²) in [7, 11) is 1.79. The Morgan fingerprint density at radius 3 is 2.88 bits per heavy atom. The Bertz CT molecular complexity index is 425. The van der Waals surface area contributed by atoms with Crippen molar-refractivity contribution in [3.8, 4) is 0 Å². The third-order valence-electron chi connectivity index (χ3n) is 2.35. The maximum atomic E-state index is 11.2. The second-order valence-electron chi connectivity index (χ2n) is 3.77. The Morgan fingerprint density at radius 2 is 2.41 bits per heavy atom. The van der Waals surface area contributed by atoms with Crippen LogP contribution in [0, 0.1) is 5.92 Å². The molecule has 6 nitrogen and oxygen atoms in total. The van der Waals surface area contributed by atoms with Crippen LogP contribution in [0.3, 0.4) is 0 Å². The molecule has 17 heavy (non-hydrogen) atoms. The molecule has 2 amide bonds. The largest absolute Gasteiger partial charge is 0.369 e. The summed E-state index contributed by atoms with van der Waals surface area (Å²) in [6, 6.07) is 0. The van der Waals surface area contributed by atoms with Gasteiger partial charge in [-0.25, -0.2) is 0 Å². The number of aryl methyl sites for hydroxylation is 1. The molecule has 0 bridgehead atoms. The van der Waals surface area contributed by atoms with Crippen LogP contribution in [0.15, 0.2) is 25.0 Å². The molecule has 0 aliphatic heterocycles. The highest BCUT2D eigenvalue weighted by molar-refractivity contribution is 5.87. The molecule has 1 aromatic rings. The number of primary amides is 1. The molecule has 6 heteroatoms. The summed E-state index contributed by atoms with van der Waals surface area (Å²) in [5.41, 5.74) is 6.18. The van der Waals surface area contributed by atoms with Gasteiger partial charge >= 0.3 is 0 Å². The van der Waals surface area contributed by atoms with Gasteiger partial charge in [-0.15, -0.1) is 0 Å². The first kappa shape index (κ1) is 13.0. The van der Waals surface area contributed by atoms with Gasteiger partial charge in [0.2, 0.25) is 11.8 Å². The number of carbonyl (C=O) groups excluding carboxylic acids is 2. The Morgan fingerprint density at radius 1 is 1.71 bits per heavy atom. The fraction of sp³-hybridized carbons (Fsp3) is 0.364. The van der Waals surface area contributed by atoms with Crippen LogP contribution in [-0.4, -0.2) is 28.1 Å². The molecule has 0 aliphatic carbocycles. The zero-order valence-corrected chi connectivity index (χ0v) is 9.72. The van der Waals surface area contributed by atoms with Gasteiger partial charge in [0.25, 0.3) is 0 Å². The highest BCUT2D eigenvalue weighted by atomic mass is 16.2. The number of hydrogen-bond acceptors (Lipinski definition) is 3. The lowest BCUT2D eigenvalue weighted by molar-refractivity contribution is -0.122. The molecule has 0 radical (unpaired) electrons. The fourth-order valence-corrected chi connectivity index (χ4v) is 1.43. The Hall–Kier alpha value is -2.11. The lowest BCUT2D eigenvalue weighted by atomic mass is 10.0. The number of nitrogens with one attached hydrogen (secondary N) is 1. The second kappa shape index (κ2) is 5.83. The van der Waals surface area contributed by atoms with Crippen LogP contribution in [0.4, 0.5) is 0 Å². The van der Waals surface area contributed by atoms with Crippen LogP contribution >= 0.6 is 0 Å². The van der Waals surface area contributed by atoms with Gasteiger partial charge in [-0.1, -0.05) is 6.58 Å². The van der Waals surface area contributed by atoms with E-state index >= 15 is 0 Å². The summed E-state index contributed by atoms with van der Waals surface area (Å²) in [5, 5.41) is 6.56. The number of rotatable bonds is 6. The van der Waals surface area contributed by atoms with E-state index in [1.54, 1.807) is 17.9 Å². The number of nitrogens with zero attached hydrogens (tertiary/aromatic N) is 2. The molecular formula is C11H16N4O2. The lowest BCUT2D eigenvalue weighted by Crippen LogP contribution is -2.36. The van der Waals surface area contributed by atoms with Crippen molar-refractivity contribution in [1.82, 2.24) is 15.1 Å². The SMILES string of the molecule is C=CC(=O)NCC(Cc1cnn(C)c1)C(N)=O. The molecule has 0 fully saturated rings. The molecule has 1 atom stereocenters. The van der Waals surface area contributed by atoms with Crippen molar-refractivity contribution in [2.24, 2.45) is 18.7 Å². The van der Waals surface area contributed by atoms with Gasteiger partial charge in [-0.2, -0.15) is 5.10 Å². The first-order valence-electron chi connectivity index (χ1n) is 5.20. The number of nitrogens with two attached hydrogens (primary N) is 1. The van der Waals surface area contributed by atoms with E-state index in [2.05, 4.69) is 17.0 Å². The highest BCUT2D eigenvalue weighted by Gasteiger charge is 2.17. The molecule has 0 saturated carbocycles. The summed E-state index contributed by atoms with van der Waals surface area (Å²) in [6.07, 6.45) is 5.10. The van der Waals surface area contributed by atoms with E-state index < -0.39 is 11.8 Å². The zero-order chi connectivity index (χ0) is 12.8. The van der Waals surface area contributed by atoms with E-state index in [1.165, 1.54) is 0 Å². The Kier molecular flexibility index (Phi) is 4.45. The van der Waals surface area contributed by atoms with Gasteiger partial charge in [0, 0.05) is 19.8 Å². The van der Waals surface area contributed by atoms with Crippen molar-refractivity contribution < 1.29 is 9.59 Å². The maximum absolute atomic E-state index is 11.2. The number of amides is 2. The molecule has 0 aliphatic rings. The summed E-state index contributed by atoms with van der Waals surface area (Å²) >= 11 is 0. The van der Waals surface area contributed by atoms with Crippen LogP contribution in [-0.2, 0) is 23.1 Å². The van der Waals surface area contributed by atoms with Crippen molar-refractivity contribution in [1.29, 1.82) is 0 Å². The van der Waals surface area contributed by atoms with Crippen molar-refractivity contribution >= 4 is 11.8 Å². The van der Waals surface area contributed by atoms with Crippen LogP contribution < -0.4 is 11.1 Å². The molecule has 0 spiro atoms. The lowest BCUT2D eigenvalue weighted by Gasteiger charge is -2.12. The summed E-state index contributed by atoms with van der Waals surface area (Å²) in [5.74, 6) is -1.20. The summed E-state index contributed by atoms with van der Waals surface area (Å²) < 4.78 is 1.65. The number of carbonyl (C=O) groups is 2. The van der Waals surface area contributed by atoms with Crippen molar-refractivity contribution in [2.45, 2.75) is 6.42 Å². The average molecular weight is 236 g/mol. The minimum atomic E-state index is -0.446. The predicted octanol–water partition coefficient (Wildman–Crippen LogP) is -0.634. The quantitative estimate of drug-likeness (QED) is 0.644. The Labute approximate surface area is 99.5 Å². The third kappa shape index (κ3) is 4.10. The van der Waals surface area contributed by atoms with Crippen molar-refractivity contribution in [3.05, 3.63) is 30.6 Å². The standard InChI is InChI=1S/C11H16N4O2/c1-3-10(16)13-6-9(11(12)17)4-8-5-14-15(2)7-8/h3,5,7,9H,1,4,6H2,2H3,(H2,12,17)(H,13,16). The topological polar surface area (TPSA) is 90.0 Å². The van der Waals surface area contributed by atoms with Crippen LogP contribution in [0.2, 0.25) is 0 Å². The second-order valence-corrected chi connectivity index (χ2v) is 3.77. The molecule has 0 saturated heterocycles. The van der Waals surface area contributed by atoms with Gasteiger partial charge < -0.3 is 11.1 Å². The van der Waals surface area contributed by atoms with E-state index in [0.717, 1.165) is 11.6 Å². The monoisotopic (exact) mass is 236 g/mol. The van der Waals surface area contributed by atoms with Gasteiger partial charge in [0.15, 0.2) is 0 Å². The van der Waals surface area contributed by atoms with Gasteiger partial charge in [-0.05, 0) is 18.1 Å². The molecule has 3 N–H and O–H groups in total. The van der Waals surface area contributed by atoms with E-state index in [1.807, 2.05) is 6.20 Å². The molecule has 1 rings (SSSR count). The molecule has 1 aromatic heterocycles. The van der Waals surface area contributed by atoms with Crippen molar-refractivity contribution in [3.63, 3.8) is 0 Å². The van der Waals surface area contributed by atoms with Crippen LogP contribution in [0.25, 0.3) is 0 Å². The first-order chi connectivity index (χ1) is 8.02. The first-order valence-corrected chi connectivity index (χ1v) is 5.20. The van der Waals surface area contributed by atoms with Crippen molar-refractivity contribution in [2.75, 3.05) is 6.54 Å². The highest BCUT2D eigenvalue weighted by Crippen LogP contribution is 2.06. The van der Waals surface area contributed by atoms with E-state index in [0.29, 0.717) is 6.42 Å². The van der Waals surface area contributed by atoms with Gasteiger partial charge in [0.1, 0.15) is 0 Å². The van der Waals surface area contributed by atoms with Crippen LogP contribution in [0.5, 0.6) is 0 Å². The Balaban J connectivity index is 2.57. The van der Waals surface area contributed by atoms with Crippen LogP contribution in [0.1, 0.15) is 5.56 Å². The molecule has 92 valence electrons. The minimum Gasteiger partial charge on any atom is -0.369 e. The fourth-order valence-electron chi connectivity index (χ4n) is 1.43. The van der Waals surface area contributed by atoms with E-state index in [-0.39, 0.29) is 12.5 Å². The number of hydrogen-bond donors (Lipinski definition) is 2. The average Bonchev–Trinajstić information content (AvgIpc) is 2.69. The zero-order valence-electron chi connectivity index (χ0n) is 9.72. The summed E-state index contributed by atoms with van der Waals surface area (Å²) in [6.45, 7) is 3.53. The third-order valence-corrected chi connectivity index (χ3v) is 2.35. The minimum absolute atomic E-state index is 0.203.